The molecule has 0 radical (unpaired) electrons. The molecule has 1 aliphatic carbocycles. The maximum atomic E-state index is 12.7. The van der Waals surface area contributed by atoms with Gasteiger partial charge in [0.05, 0.1) is 0 Å². The van der Waals surface area contributed by atoms with Gasteiger partial charge in [-0.1, -0.05) is 12.1 Å². The van der Waals surface area contributed by atoms with E-state index in [2.05, 4.69) is 0 Å². The van der Waals surface area contributed by atoms with Crippen molar-refractivity contribution >= 4 is 17.3 Å². The topological polar surface area (TPSA) is 88.1 Å². The van der Waals surface area contributed by atoms with Crippen LogP contribution in [0.5, 0.6) is 23.0 Å². The van der Waals surface area contributed by atoms with Crippen molar-refractivity contribution in [1.29, 1.82) is 0 Å². The lowest BCUT2D eigenvalue weighted by Crippen LogP contribution is -2.38. The number of hydrogen-bond donors (Lipinski definition) is 0. The first-order valence-electron chi connectivity index (χ1n) is 10.4. The Morgan fingerprint density at radius 2 is 1.45 bits per heavy atom. The lowest BCUT2D eigenvalue weighted by atomic mass is 9.74. The van der Waals surface area contributed by atoms with Crippen molar-refractivity contribution in [1.82, 2.24) is 0 Å². The van der Waals surface area contributed by atoms with Gasteiger partial charge in [-0.3, -0.25) is 14.4 Å². The van der Waals surface area contributed by atoms with Gasteiger partial charge in [0, 0.05) is 19.3 Å². The minimum absolute atomic E-state index is 0.135. The second-order valence-electron chi connectivity index (χ2n) is 8.03. The van der Waals surface area contributed by atoms with Crippen LogP contribution in [0, 0.1) is 5.92 Å². The number of Topliss-reactive ketones (excluding diaryl/α,β-unsaturated/α-hetero) is 3. The molecule has 0 saturated heterocycles. The van der Waals surface area contributed by atoms with Gasteiger partial charge in [-0.05, 0) is 47.7 Å². The molecule has 3 aliphatic rings. The van der Waals surface area contributed by atoms with Gasteiger partial charge in [0.15, 0.2) is 40.3 Å². The zero-order valence-corrected chi connectivity index (χ0v) is 16.9. The average Bonchev–Trinajstić information content (AvgIpc) is 3.25. The third-order valence-electron chi connectivity index (χ3n) is 6.00. The molecule has 31 heavy (non-hydrogen) atoms. The summed E-state index contributed by atoms with van der Waals surface area (Å²) in [4.78, 5) is 38.2. The van der Waals surface area contributed by atoms with Gasteiger partial charge < -0.3 is 18.9 Å². The molecule has 1 fully saturated rings. The summed E-state index contributed by atoms with van der Waals surface area (Å²) in [5.74, 6) is 0.323. The molecule has 2 heterocycles. The third kappa shape index (κ3) is 3.87. The van der Waals surface area contributed by atoms with Gasteiger partial charge in [-0.15, -0.1) is 0 Å². The van der Waals surface area contributed by atoms with Crippen LogP contribution in [-0.2, 0) is 20.8 Å². The van der Waals surface area contributed by atoms with Crippen LogP contribution in [0.2, 0.25) is 0 Å². The standard InChI is InChI=1S/C24H22O7/c25-17(4-1-14-2-5-21-22(9-14)31-13-30-21)24-18(26)10-16(11-19(24)27)15-3-6-20-23(12-15)29-8-7-28-20/h2-3,5-6,9,12,16,24H,1,4,7-8,10-11,13H2. The number of fused-ring (bicyclic) bond motifs is 2. The summed E-state index contributed by atoms with van der Waals surface area (Å²) in [7, 11) is 0. The summed E-state index contributed by atoms with van der Waals surface area (Å²) < 4.78 is 21.8. The fourth-order valence-electron chi connectivity index (χ4n) is 4.39. The van der Waals surface area contributed by atoms with E-state index in [1.54, 1.807) is 12.1 Å². The Bertz CT molecular complexity index is 1040. The van der Waals surface area contributed by atoms with Gasteiger partial charge in [0.1, 0.15) is 19.1 Å². The normalized spacial score (nSPS) is 21.8. The molecule has 7 heteroatoms. The minimum Gasteiger partial charge on any atom is -0.486 e. The summed E-state index contributed by atoms with van der Waals surface area (Å²) in [6.07, 6.45) is 0.923. The number of ether oxygens (including phenoxy) is 4. The molecular formula is C24H22O7. The van der Waals surface area contributed by atoms with Crippen molar-refractivity contribution in [2.75, 3.05) is 20.0 Å². The van der Waals surface area contributed by atoms with Crippen LogP contribution in [0.1, 0.15) is 36.3 Å². The number of carbonyl (C=O) groups is 3. The quantitative estimate of drug-likeness (QED) is 0.685. The van der Waals surface area contributed by atoms with Crippen molar-refractivity contribution in [2.24, 2.45) is 5.92 Å². The molecule has 2 aromatic rings. The van der Waals surface area contributed by atoms with Crippen LogP contribution in [0.15, 0.2) is 36.4 Å². The Morgan fingerprint density at radius 3 is 2.26 bits per heavy atom. The number of benzene rings is 2. The van der Waals surface area contributed by atoms with Crippen molar-refractivity contribution in [3.05, 3.63) is 47.5 Å². The van der Waals surface area contributed by atoms with E-state index in [4.69, 9.17) is 18.9 Å². The van der Waals surface area contributed by atoms with E-state index < -0.39 is 5.92 Å². The Hall–Kier alpha value is -3.35. The SMILES string of the molecule is O=C(CCc1ccc2c(c1)OCO2)C1C(=O)CC(c2ccc3c(c2)OCCO3)CC1=O. The van der Waals surface area contributed by atoms with Crippen LogP contribution < -0.4 is 18.9 Å². The first-order chi connectivity index (χ1) is 15.1. The van der Waals surface area contributed by atoms with E-state index in [0.29, 0.717) is 42.6 Å². The highest BCUT2D eigenvalue weighted by atomic mass is 16.7. The molecular weight excluding hydrogens is 400 g/mol. The van der Waals surface area contributed by atoms with Crippen molar-refractivity contribution in [3.63, 3.8) is 0 Å². The molecule has 160 valence electrons. The largest absolute Gasteiger partial charge is 0.486 e. The summed E-state index contributed by atoms with van der Waals surface area (Å²) in [5.41, 5.74) is 1.76. The lowest BCUT2D eigenvalue weighted by molar-refractivity contribution is -0.142. The highest BCUT2D eigenvalue weighted by molar-refractivity contribution is 6.21. The Morgan fingerprint density at radius 1 is 0.806 bits per heavy atom. The fraction of sp³-hybridized carbons (Fsp3) is 0.375. The molecule has 0 atom stereocenters. The monoisotopic (exact) mass is 422 g/mol. The van der Waals surface area contributed by atoms with Gasteiger partial charge in [-0.2, -0.15) is 0 Å². The molecule has 0 aromatic heterocycles. The zero-order valence-electron chi connectivity index (χ0n) is 16.9. The minimum atomic E-state index is -1.15. The van der Waals surface area contributed by atoms with E-state index in [1.165, 1.54) is 0 Å². The van der Waals surface area contributed by atoms with Crippen LogP contribution in [0.4, 0.5) is 0 Å². The molecule has 1 saturated carbocycles. The summed E-state index contributed by atoms with van der Waals surface area (Å²) in [6.45, 7) is 1.16. The molecule has 5 rings (SSSR count). The second kappa shape index (κ2) is 8.06. The maximum Gasteiger partial charge on any atom is 0.231 e. The summed E-state index contributed by atoms with van der Waals surface area (Å²) in [5, 5.41) is 0. The maximum absolute atomic E-state index is 12.7. The van der Waals surface area contributed by atoms with E-state index >= 15 is 0 Å². The third-order valence-corrected chi connectivity index (χ3v) is 6.00. The number of ketones is 3. The van der Waals surface area contributed by atoms with Crippen molar-refractivity contribution in [3.8, 4) is 23.0 Å². The van der Waals surface area contributed by atoms with Gasteiger partial charge in [-0.25, -0.2) is 0 Å². The molecule has 2 aromatic carbocycles. The molecule has 7 nitrogen and oxygen atoms in total. The van der Waals surface area contributed by atoms with Crippen LogP contribution >= 0.6 is 0 Å². The van der Waals surface area contributed by atoms with E-state index in [9.17, 15) is 14.4 Å². The Kier molecular flexibility index (Phi) is 5.10. The number of carbonyl (C=O) groups excluding carboxylic acids is 3. The molecule has 0 spiro atoms. The highest BCUT2D eigenvalue weighted by Crippen LogP contribution is 2.38. The molecule has 0 N–H and O–H groups in total. The van der Waals surface area contributed by atoms with Crippen LogP contribution in [0.3, 0.4) is 0 Å². The first kappa shape index (κ1) is 19.6. The van der Waals surface area contributed by atoms with Crippen molar-refractivity contribution < 1.29 is 33.3 Å². The van der Waals surface area contributed by atoms with Gasteiger partial charge in [0.25, 0.3) is 0 Å². The Labute approximate surface area is 179 Å². The number of hydrogen-bond acceptors (Lipinski definition) is 7. The summed E-state index contributed by atoms with van der Waals surface area (Å²) >= 11 is 0. The van der Waals surface area contributed by atoms with E-state index in [-0.39, 0.29) is 49.3 Å². The number of rotatable bonds is 5. The highest BCUT2D eigenvalue weighted by Gasteiger charge is 2.40. The van der Waals surface area contributed by atoms with Crippen molar-refractivity contribution in [2.45, 2.75) is 31.6 Å². The zero-order chi connectivity index (χ0) is 21.4. The molecule has 0 unspecified atom stereocenters. The summed E-state index contributed by atoms with van der Waals surface area (Å²) in [6, 6.07) is 11.0. The van der Waals surface area contributed by atoms with Crippen LogP contribution in [-0.4, -0.2) is 37.4 Å². The Balaban J connectivity index is 1.23. The van der Waals surface area contributed by atoms with E-state index in [1.807, 2.05) is 24.3 Å². The molecule has 0 amide bonds. The van der Waals surface area contributed by atoms with E-state index in [0.717, 1.165) is 11.1 Å². The van der Waals surface area contributed by atoms with Gasteiger partial charge in [0.2, 0.25) is 6.79 Å². The molecule has 0 bridgehead atoms. The predicted octanol–water partition coefficient (Wildman–Crippen LogP) is 3.02. The first-order valence-corrected chi connectivity index (χ1v) is 10.4. The molecule has 2 aliphatic heterocycles. The fourth-order valence-corrected chi connectivity index (χ4v) is 4.39. The predicted molar refractivity (Wildman–Crippen MR) is 109 cm³/mol. The second-order valence-corrected chi connectivity index (χ2v) is 8.03. The number of aryl methyl sites for hydroxylation is 1. The van der Waals surface area contributed by atoms with Gasteiger partial charge >= 0.3 is 0 Å². The average molecular weight is 422 g/mol. The lowest BCUT2D eigenvalue weighted by Gasteiger charge is -2.27. The smallest absolute Gasteiger partial charge is 0.231 e. The van der Waals surface area contributed by atoms with Crippen LogP contribution in [0.25, 0.3) is 0 Å².